The van der Waals surface area contributed by atoms with Gasteiger partial charge in [0.2, 0.25) is 0 Å². The summed E-state index contributed by atoms with van der Waals surface area (Å²) in [4.78, 5) is 16.9. The number of nitrogens with zero attached hydrogens (tertiary/aromatic N) is 2. The summed E-state index contributed by atoms with van der Waals surface area (Å²) in [5, 5.41) is 8.80. The normalized spacial score (nSPS) is 18.8. The van der Waals surface area contributed by atoms with Crippen LogP contribution >= 0.6 is 0 Å². The fourth-order valence-corrected chi connectivity index (χ4v) is 5.88. The Morgan fingerprint density at radius 1 is 1.12 bits per heavy atom. The van der Waals surface area contributed by atoms with Crippen LogP contribution in [0.1, 0.15) is 61.2 Å². The molecule has 9 heteroatoms. The summed E-state index contributed by atoms with van der Waals surface area (Å²) in [7, 11) is 0. The van der Waals surface area contributed by atoms with Crippen molar-refractivity contribution in [2.75, 3.05) is 13.2 Å². The number of fused-ring (bicyclic) bond motifs is 2. The molecule has 2 aliphatic rings. The van der Waals surface area contributed by atoms with Gasteiger partial charge in [0.15, 0.2) is 0 Å². The lowest BCUT2D eigenvalue weighted by atomic mass is 9.84. The molecule has 0 bridgehead atoms. The third-order valence-corrected chi connectivity index (χ3v) is 7.57. The zero-order chi connectivity index (χ0) is 29.3. The molecule has 1 aromatic heterocycles. The number of aromatic nitrogens is 1. The van der Waals surface area contributed by atoms with Crippen LogP contribution in [0.3, 0.4) is 0 Å². The minimum Gasteiger partial charge on any atom is -0.487 e. The highest BCUT2D eigenvalue weighted by Gasteiger charge is 2.43. The number of benzene rings is 2. The van der Waals surface area contributed by atoms with E-state index in [1.54, 1.807) is 18.3 Å². The van der Waals surface area contributed by atoms with Crippen molar-refractivity contribution < 1.29 is 32.5 Å². The number of carboxylic acids is 1. The minimum absolute atomic E-state index is 0.000939. The summed E-state index contributed by atoms with van der Waals surface area (Å²) in [6, 6.07) is 12.8. The first-order chi connectivity index (χ1) is 19.5. The van der Waals surface area contributed by atoms with Gasteiger partial charge in [-0.15, -0.1) is 0 Å². The van der Waals surface area contributed by atoms with E-state index in [0.29, 0.717) is 24.1 Å². The average Bonchev–Trinajstić information content (AvgIpc) is 3.26. The molecule has 0 radical (unpaired) electrons. The molecular formula is C32H33F3N2O4. The van der Waals surface area contributed by atoms with Crippen molar-refractivity contribution in [3.05, 3.63) is 99.9 Å². The topological polar surface area (TPSA) is 71.9 Å². The molecule has 2 atom stereocenters. The van der Waals surface area contributed by atoms with Gasteiger partial charge in [0.1, 0.15) is 36.3 Å². The number of hydrogen-bond donors (Lipinski definition) is 1. The molecule has 0 amide bonds. The molecule has 5 rings (SSSR count). The van der Waals surface area contributed by atoms with Crippen LogP contribution in [0.15, 0.2) is 60.3 Å². The second-order valence-corrected chi connectivity index (χ2v) is 11.3. The molecule has 0 saturated carbocycles. The number of pyridine rings is 1. The number of ether oxygens (including phenoxy) is 2. The molecule has 1 aliphatic heterocycles. The van der Waals surface area contributed by atoms with E-state index >= 15 is 13.2 Å². The van der Waals surface area contributed by atoms with E-state index in [1.165, 1.54) is 13.8 Å². The lowest BCUT2D eigenvalue weighted by Crippen LogP contribution is -2.47. The second-order valence-electron chi connectivity index (χ2n) is 11.3. The molecule has 0 spiro atoms. The van der Waals surface area contributed by atoms with Gasteiger partial charge >= 0.3 is 5.97 Å². The van der Waals surface area contributed by atoms with Crippen LogP contribution in [-0.4, -0.2) is 45.8 Å². The number of carbonyl (C=O) groups is 1. The van der Waals surface area contributed by atoms with E-state index in [4.69, 9.17) is 14.6 Å². The molecule has 0 unspecified atom stereocenters. The zero-order valence-electron chi connectivity index (χ0n) is 23.3. The van der Waals surface area contributed by atoms with Gasteiger partial charge in [0.05, 0.1) is 18.3 Å². The Morgan fingerprint density at radius 3 is 2.56 bits per heavy atom. The maximum Gasteiger partial charge on any atom is 0.329 e. The van der Waals surface area contributed by atoms with Gasteiger partial charge in [-0.2, -0.15) is 0 Å². The lowest BCUT2D eigenvalue weighted by Gasteiger charge is -2.44. The van der Waals surface area contributed by atoms with Gasteiger partial charge in [0, 0.05) is 42.0 Å². The Bertz CT molecular complexity index is 1460. The molecular weight excluding hydrogens is 533 g/mol. The average molecular weight is 567 g/mol. The summed E-state index contributed by atoms with van der Waals surface area (Å²) < 4.78 is 57.7. The van der Waals surface area contributed by atoms with Gasteiger partial charge < -0.3 is 14.6 Å². The van der Waals surface area contributed by atoms with Crippen LogP contribution in [0.2, 0.25) is 0 Å². The molecule has 2 heterocycles. The molecule has 6 nitrogen and oxygen atoms in total. The maximum absolute atomic E-state index is 15.9. The van der Waals surface area contributed by atoms with E-state index in [9.17, 15) is 4.79 Å². The molecule has 1 aliphatic carbocycles. The van der Waals surface area contributed by atoms with Gasteiger partial charge in [-0.1, -0.05) is 30.3 Å². The van der Waals surface area contributed by atoms with Crippen molar-refractivity contribution in [3.8, 4) is 5.75 Å². The maximum atomic E-state index is 15.9. The predicted molar refractivity (Wildman–Crippen MR) is 148 cm³/mol. The summed E-state index contributed by atoms with van der Waals surface area (Å²) in [6.07, 6.45) is 2.77. The van der Waals surface area contributed by atoms with Gasteiger partial charge in [-0.25, -0.2) is 18.0 Å². The molecule has 1 N–H and O–H groups in total. The molecule has 3 aromatic rings. The Balaban J connectivity index is 1.45. The van der Waals surface area contributed by atoms with Crippen molar-refractivity contribution in [1.29, 1.82) is 0 Å². The standard InChI is InChI=1S/C32H33F3N2O4/c1-19-11-24-23-9-5-4-7-20(23)12-25(24)31(37(19)18-32(2,3)35)30-26(33)13-22(14-27(30)34)41-16-28-21(8-6-10-36-28)15-40-17-29(38)39/h4-10,13-14,19,31H,11-12,15-18H2,1-3H3,(H,38,39)/t19-,31+/m1/s1. The molecule has 2 aromatic carbocycles. The van der Waals surface area contributed by atoms with Crippen molar-refractivity contribution in [3.63, 3.8) is 0 Å². The third-order valence-electron chi connectivity index (χ3n) is 7.57. The van der Waals surface area contributed by atoms with Crippen molar-refractivity contribution in [2.24, 2.45) is 0 Å². The first-order valence-electron chi connectivity index (χ1n) is 13.6. The van der Waals surface area contributed by atoms with Crippen molar-refractivity contribution in [2.45, 2.75) is 64.6 Å². The van der Waals surface area contributed by atoms with E-state index in [-0.39, 0.29) is 37.1 Å². The molecule has 0 saturated heterocycles. The highest BCUT2D eigenvalue weighted by Crippen LogP contribution is 2.50. The van der Waals surface area contributed by atoms with E-state index in [0.717, 1.165) is 34.4 Å². The number of carboxylic acid groups (broad SMARTS) is 1. The molecule has 41 heavy (non-hydrogen) atoms. The zero-order valence-corrected chi connectivity index (χ0v) is 23.3. The van der Waals surface area contributed by atoms with Crippen LogP contribution < -0.4 is 4.74 Å². The smallest absolute Gasteiger partial charge is 0.329 e. The third kappa shape index (κ3) is 6.31. The number of alkyl halides is 1. The quantitative estimate of drug-likeness (QED) is 0.305. The molecule has 216 valence electrons. The monoisotopic (exact) mass is 566 g/mol. The van der Waals surface area contributed by atoms with E-state index < -0.39 is 35.9 Å². The number of halogens is 3. The minimum atomic E-state index is -1.57. The highest BCUT2D eigenvalue weighted by atomic mass is 19.1. The SMILES string of the molecule is C[C@@H]1CC2=C(Cc3ccccc32)[C@@H](c2c(F)cc(OCc3ncccc3COCC(=O)O)cc2F)N1CC(C)(C)F. The summed E-state index contributed by atoms with van der Waals surface area (Å²) in [5.41, 5.74) is 3.56. The Morgan fingerprint density at radius 2 is 1.85 bits per heavy atom. The summed E-state index contributed by atoms with van der Waals surface area (Å²) in [5.74, 6) is -2.65. The Kier molecular flexibility index (Phi) is 8.20. The Labute approximate surface area is 237 Å². The van der Waals surface area contributed by atoms with Gasteiger partial charge in [0.25, 0.3) is 0 Å². The van der Waals surface area contributed by atoms with Crippen LogP contribution in [0.5, 0.6) is 5.75 Å². The van der Waals surface area contributed by atoms with Crippen LogP contribution in [0.25, 0.3) is 5.57 Å². The highest BCUT2D eigenvalue weighted by molar-refractivity contribution is 5.79. The second kappa shape index (κ2) is 11.7. The van der Waals surface area contributed by atoms with Gasteiger partial charge in [-0.05, 0) is 62.0 Å². The largest absolute Gasteiger partial charge is 0.487 e. The lowest BCUT2D eigenvalue weighted by molar-refractivity contribution is -0.142. The Hall–Kier alpha value is -3.69. The predicted octanol–water partition coefficient (Wildman–Crippen LogP) is 6.43. The first-order valence-corrected chi connectivity index (χ1v) is 13.6. The van der Waals surface area contributed by atoms with E-state index in [2.05, 4.69) is 4.98 Å². The number of rotatable bonds is 10. The van der Waals surface area contributed by atoms with Crippen LogP contribution in [-0.2, 0) is 29.2 Å². The van der Waals surface area contributed by atoms with Crippen LogP contribution in [0, 0.1) is 11.6 Å². The fraction of sp³-hybridized carbons (Fsp3) is 0.375. The van der Waals surface area contributed by atoms with Crippen LogP contribution in [0.4, 0.5) is 13.2 Å². The van der Waals surface area contributed by atoms with Crippen molar-refractivity contribution in [1.82, 2.24) is 9.88 Å². The molecule has 0 fully saturated rings. The number of hydrogen-bond acceptors (Lipinski definition) is 5. The summed E-state index contributed by atoms with van der Waals surface area (Å²) in [6.45, 7) is 4.39. The first kappa shape index (κ1) is 28.8. The fourth-order valence-electron chi connectivity index (χ4n) is 5.88. The van der Waals surface area contributed by atoms with Crippen molar-refractivity contribution >= 4 is 11.5 Å². The van der Waals surface area contributed by atoms with Gasteiger partial charge in [-0.3, -0.25) is 9.88 Å². The van der Waals surface area contributed by atoms with E-state index in [1.807, 2.05) is 36.1 Å². The number of aliphatic carboxylic acids is 1. The summed E-state index contributed by atoms with van der Waals surface area (Å²) >= 11 is 0.